The molecule has 0 unspecified atom stereocenters. The first-order valence-corrected chi connectivity index (χ1v) is 9.40. The van der Waals surface area contributed by atoms with Crippen molar-refractivity contribution in [2.24, 2.45) is 0 Å². The van der Waals surface area contributed by atoms with Crippen molar-refractivity contribution >= 4 is 17.4 Å². The molecule has 1 aliphatic heterocycles. The first-order chi connectivity index (χ1) is 13.7. The smallest absolute Gasteiger partial charge is 0.321 e. The lowest BCUT2D eigenvalue weighted by Crippen LogP contribution is -2.38. The zero-order chi connectivity index (χ0) is 19.3. The number of amides is 2. The minimum absolute atomic E-state index is 0.0829. The Morgan fingerprint density at radius 3 is 2.75 bits per heavy atom. The second kappa shape index (κ2) is 8.08. The summed E-state index contributed by atoms with van der Waals surface area (Å²) in [5.41, 5.74) is 4.03. The molecule has 4 rings (SSSR count). The molecule has 0 spiro atoms. The maximum atomic E-state index is 12.8. The number of benzene rings is 2. The van der Waals surface area contributed by atoms with E-state index in [0.29, 0.717) is 6.54 Å². The van der Waals surface area contributed by atoms with Gasteiger partial charge in [-0.15, -0.1) is 5.10 Å². The van der Waals surface area contributed by atoms with Crippen molar-refractivity contribution in [1.82, 2.24) is 25.1 Å². The number of hydrogen-bond acceptors (Lipinski definition) is 5. The van der Waals surface area contributed by atoms with Crippen LogP contribution in [0.5, 0.6) is 0 Å². The SMILES string of the molecule is Cc1ccccc1N1CCCN(C(=O)Nc2cccc(-n3cnnn3)c2)CC1. The maximum absolute atomic E-state index is 12.8. The summed E-state index contributed by atoms with van der Waals surface area (Å²) in [7, 11) is 0. The van der Waals surface area contributed by atoms with E-state index < -0.39 is 0 Å². The molecule has 0 aliphatic carbocycles. The Kier molecular flexibility index (Phi) is 5.18. The van der Waals surface area contributed by atoms with Gasteiger partial charge in [0.2, 0.25) is 0 Å². The second-order valence-electron chi connectivity index (χ2n) is 6.85. The molecule has 1 fully saturated rings. The van der Waals surface area contributed by atoms with Gasteiger partial charge in [-0.2, -0.15) is 0 Å². The molecule has 2 heterocycles. The van der Waals surface area contributed by atoms with Crippen LogP contribution in [0.3, 0.4) is 0 Å². The van der Waals surface area contributed by atoms with E-state index in [-0.39, 0.29) is 6.03 Å². The Bertz CT molecular complexity index is 941. The topological polar surface area (TPSA) is 79.2 Å². The predicted octanol–water partition coefficient (Wildman–Crippen LogP) is 2.71. The molecule has 28 heavy (non-hydrogen) atoms. The summed E-state index contributed by atoms with van der Waals surface area (Å²) in [4.78, 5) is 17.0. The molecule has 2 aromatic carbocycles. The summed E-state index contributed by atoms with van der Waals surface area (Å²) in [5.74, 6) is 0. The second-order valence-corrected chi connectivity index (χ2v) is 6.85. The van der Waals surface area contributed by atoms with Crippen molar-refractivity contribution in [1.29, 1.82) is 0 Å². The average molecular weight is 377 g/mol. The Balaban J connectivity index is 1.41. The van der Waals surface area contributed by atoms with Crippen LogP contribution >= 0.6 is 0 Å². The van der Waals surface area contributed by atoms with E-state index in [0.717, 1.165) is 37.4 Å². The van der Waals surface area contributed by atoms with E-state index in [2.05, 4.69) is 56.9 Å². The monoisotopic (exact) mass is 377 g/mol. The van der Waals surface area contributed by atoms with Crippen LogP contribution in [0.1, 0.15) is 12.0 Å². The van der Waals surface area contributed by atoms with Crippen molar-refractivity contribution in [2.45, 2.75) is 13.3 Å². The zero-order valence-electron chi connectivity index (χ0n) is 15.8. The van der Waals surface area contributed by atoms with Gasteiger partial charge >= 0.3 is 6.03 Å². The molecule has 3 aromatic rings. The highest BCUT2D eigenvalue weighted by molar-refractivity contribution is 5.89. The molecule has 144 valence electrons. The first kappa shape index (κ1) is 18.0. The molecule has 0 radical (unpaired) electrons. The van der Waals surface area contributed by atoms with Crippen LogP contribution in [0.4, 0.5) is 16.2 Å². The van der Waals surface area contributed by atoms with Gasteiger partial charge in [0, 0.05) is 37.6 Å². The molecule has 1 aliphatic rings. The molecular weight excluding hydrogens is 354 g/mol. The van der Waals surface area contributed by atoms with Gasteiger partial charge in [0.1, 0.15) is 6.33 Å². The van der Waals surface area contributed by atoms with Gasteiger partial charge in [-0.25, -0.2) is 9.48 Å². The molecule has 0 bridgehead atoms. The first-order valence-electron chi connectivity index (χ1n) is 9.40. The number of para-hydroxylation sites is 1. The Labute approximate surface area is 163 Å². The van der Waals surface area contributed by atoms with Crippen LogP contribution in [0.25, 0.3) is 5.69 Å². The number of carbonyl (C=O) groups excluding carboxylic acids is 1. The van der Waals surface area contributed by atoms with E-state index in [9.17, 15) is 4.79 Å². The number of anilines is 2. The van der Waals surface area contributed by atoms with Crippen LogP contribution in [-0.4, -0.2) is 57.3 Å². The van der Waals surface area contributed by atoms with Gasteiger partial charge in [0.15, 0.2) is 0 Å². The molecule has 1 N–H and O–H groups in total. The number of nitrogens with zero attached hydrogens (tertiary/aromatic N) is 6. The quantitative estimate of drug-likeness (QED) is 0.759. The van der Waals surface area contributed by atoms with Gasteiger partial charge in [-0.1, -0.05) is 24.3 Å². The van der Waals surface area contributed by atoms with E-state index in [1.54, 1.807) is 4.68 Å². The van der Waals surface area contributed by atoms with Crippen molar-refractivity contribution in [3.63, 3.8) is 0 Å². The fourth-order valence-electron chi connectivity index (χ4n) is 3.49. The Morgan fingerprint density at radius 2 is 1.93 bits per heavy atom. The number of aryl methyl sites for hydroxylation is 1. The number of carbonyl (C=O) groups is 1. The summed E-state index contributed by atoms with van der Waals surface area (Å²) in [5, 5.41) is 14.2. The standard InChI is InChI=1S/C20H23N7O/c1-16-6-2-3-9-19(16)25-10-5-11-26(13-12-25)20(28)22-17-7-4-8-18(14-17)27-15-21-23-24-27/h2-4,6-9,14-15H,5,10-13H2,1H3,(H,22,28). The summed E-state index contributed by atoms with van der Waals surface area (Å²) >= 11 is 0. The Hall–Kier alpha value is -3.42. The minimum Gasteiger partial charge on any atom is -0.369 e. The zero-order valence-corrected chi connectivity index (χ0v) is 15.8. The van der Waals surface area contributed by atoms with E-state index in [1.807, 2.05) is 29.2 Å². The van der Waals surface area contributed by atoms with Gasteiger partial charge in [0.05, 0.1) is 5.69 Å². The minimum atomic E-state index is -0.0829. The summed E-state index contributed by atoms with van der Waals surface area (Å²) < 4.78 is 1.56. The van der Waals surface area contributed by atoms with Crippen LogP contribution in [0.2, 0.25) is 0 Å². The molecule has 0 saturated carbocycles. The lowest BCUT2D eigenvalue weighted by Gasteiger charge is -2.25. The molecule has 0 atom stereocenters. The van der Waals surface area contributed by atoms with Crippen LogP contribution in [0, 0.1) is 6.92 Å². The molecule has 1 saturated heterocycles. The summed E-state index contributed by atoms with van der Waals surface area (Å²) in [6.07, 6.45) is 2.46. The maximum Gasteiger partial charge on any atom is 0.321 e. The van der Waals surface area contributed by atoms with Gasteiger partial charge < -0.3 is 15.1 Å². The van der Waals surface area contributed by atoms with Crippen LogP contribution < -0.4 is 10.2 Å². The third-order valence-electron chi connectivity index (χ3n) is 4.95. The van der Waals surface area contributed by atoms with Crippen LogP contribution in [0.15, 0.2) is 54.9 Å². The number of rotatable bonds is 3. The number of nitrogens with one attached hydrogen (secondary N) is 1. The van der Waals surface area contributed by atoms with Gasteiger partial charge in [-0.3, -0.25) is 0 Å². The average Bonchev–Trinajstić information content (AvgIpc) is 3.14. The van der Waals surface area contributed by atoms with Crippen molar-refractivity contribution in [3.05, 3.63) is 60.4 Å². The molecule has 2 amide bonds. The highest BCUT2D eigenvalue weighted by Crippen LogP contribution is 2.21. The lowest BCUT2D eigenvalue weighted by molar-refractivity contribution is 0.215. The van der Waals surface area contributed by atoms with Crippen molar-refractivity contribution in [2.75, 3.05) is 36.4 Å². The van der Waals surface area contributed by atoms with E-state index >= 15 is 0 Å². The number of aromatic nitrogens is 4. The fraction of sp³-hybridized carbons (Fsp3) is 0.300. The molecule has 8 heteroatoms. The summed E-state index contributed by atoms with van der Waals surface area (Å²) in [6.45, 7) is 5.32. The highest BCUT2D eigenvalue weighted by Gasteiger charge is 2.20. The van der Waals surface area contributed by atoms with Gasteiger partial charge in [0.25, 0.3) is 0 Å². The predicted molar refractivity (Wildman–Crippen MR) is 108 cm³/mol. The normalized spacial score (nSPS) is 14.6. The van der Waals surface area contributed by atoms with E-state index in [4.69, 9.17) is 0 Å². The highest BCUT2D eigenvalue weighted by atomic mass is 16.2. The van der Waals surface area contributed by atoms with Crippen molar-refractivity contribution < 1.29 is 4.79 Å². The largest absolute Gasteiger partial charge is 0.369 e. The third kappa shape index (κ3) is 3.95. The molecule has 1 aromatic heterocycles. The Morgan fingerprint density at radius 1 is 1.04 bits per heavy atom. The van der Waals surface area contributed by atoms with E-state index in [1.165, 1.54) is 17.6 Å². The molecular formula is C20H23N7O. The van der Waals surface area contributed by atoms with Crippen LogP contribution in [-0.2, 0) is 0 Å². The number of hydrogen-bond donors (Lipinski definition) is 1. The number of tetrazole rings is 1. The fourth-order valence-corrected chi connectivity index (χ4v) is 3.49. The lowest BCUT2D eigenvalue weighted by atomic mass is 10.2. The third-order valence-corrected chi connectivity index (χ3v) is 4.95. The van der Waals surface area contributed by atoms with Crippen molar-refractivity contribution in [3.8, 4) is 5.69 Å². The van der Waals surface area contributed by atoms with Gasteiger partial charge in [-0.05, 0) is 53.6 Å². The number of urea groups is 1. The summed E-state index contributed by atoms with van der Waals surface area (Å²) in [6, 6.07) is 15.8. The molecule has 8 nitrogen and oxygen atoms in total.